The molecule has 0 saturated carbocycles. The number of hydroxylamine groups is 2. The van der Waals surface area contributed by atoms with Crippen molar-refractivity contribution in [3.05, 3.63) is 23.8 Å². The Bertz CT molecular complexity index is 580. The van der Waals surface area contributed by atoms with E-state index < -0.39 is 32.9 Å². The number of hydrogen-bond acceptors (Lipinski definition) is 5. The van der Waals surface area contributed by atoms with Crippen molar-refractivity contribution in [1.82, 2.24) is 10.4 Å². The van der Waals surface area contributed by atoms with E-state index in [-0.39, 0.29) is 10.7 Å². The Morgan fingerprint density at radius 1 is 1.36 bits per heavy atom. The van der Waals surface area contributed by atoms with E-state index in [1.165, 1.54) is 17.3 Å². The zero-order valence-corrected chi connectivity index (χ0v) is 15.0. The first-order valence-corrected chi connectivity index (χ1v) is 8.77. The zero-order chi connectivity index (χ0) is 17.3. The number of rotatable bonds is 4. The smallest absolute Gasteiger partial charge is 0.257 e. The lowest BCUT2D eigenvalue weighted by Crippen LogP contribution is -2.48. The second-order valence-corrected chi connectivity index (χ2v) is 9.36. The summed E-state index contributed by atoms with van der Waals surface area (Å²) in [7, 11) is -3.64. The molecule has 0 bridgehead atoms. The molecule has 7 heteroatoms. The number of nitrogens with one attached hydrogen (secondary N) is 1. The number of carbonyl (C=O) groups is 1. The molecule has 1 atom stereocenters. The minimum absolute atomic E-state index is 0.0379. The third-order valence-electron chi connectivity index (χ3n) is 2.82. The van der Waals surface area contributed by atoms with Crippen LogP contribution >= 0.6 is 0 Å². The third kappa shape index (κ3) is 4.58. The van der Waals surface area contributed by atoms with Crippen molar-refractivity contribution in [3.63, 3.8) is 0 Å². The molecule has 0 aromatic rings. The molecule has 126 valence electrons. The number of amides is 1. The summed E-state index contributed by atoms with van der Waals surface area (Å²) in [5.74, 6) is -0.711. The molecule has 0 radical (unpaired) electrons. The number of sulfone groups is 1. The van der Waals surface area contributed by atoms with Crippen molar-refractivity contribution in [2.24, 2.45) is 0 Å². The summed E-state index contributed by atoms with van der Waals surface area (Å²) in [5.41, 5.74) is -0.950. The molecule has 0 spiro atoms. The summed E-state index contributed by atoms with van der Waals surface area (Å²) in [6.45, 7) is 14.5. The Hall–Kier alpha value is -1.34. The molecule has 1 unspecified atom stereocenters. The summed E-state index contributed by atoms with van der Waals surface area (Å²) < 4.78 is 24.7. The minimum atomic E-state index is -3.64. The number of nitrogens with zero attached hydrogens (tertiary/aromatic N) is 1. The van der Waals surface area contributed by atoms with Gasteiger partial charge in [0.2, 0.25) is 6.10 Å². The van der Waals surface area contributed by atoms with Crippen molar-refractivity contribution < 1.29 is 18.0 Å². The van der Waals surface area contributed by atoms with E-state index in [0.29, 0.717) is 0 Å². The zero-order valence-electron chi connectivity index (χ0n) is 14.1. The van der Waals surface area contributed by atoms with E-state index in [1.54, 1.807) is 0 Å². The largest absolute Gasteiger partial charge is 0.349 e. The van der Waals surface area contributed by atoms with Gasteiger partial charge in [0.25, 0.3) is 5.91 Å². The highest BCUT2D eigenvalue weighted by Gasteiger charge is 2.42. The minimum Gasteiger partial charge on any atom is -0.349 e. The van der Waals surface area contributed by atoms with E-state index in [2.05, 4.69) is 11.9 Å². The molecule has 0 aromatic carbocycles. The summed E-state index contributed by atoms with van der Waals surface area (Å²) in [5, 5.41) is 4.17. The first-order valence-electron chi connectivity index (χ1n) is 7.11. The van der Waals surface area contributed by atoms with Gasteiger partial charge in [-0.3, -0.25) is 14.7 Å². The highest BCUT2D eigenvalue weighted by atomic mass is 32.2. The van der Waals surface area contributed by atoms with Gasteiger partial charge in [-0.2, -0.15) is 0 Å². The van der Waals surface area contributed by atoms with E-state index in [4.69, 9.17) is 4.84 Å². The van der Waals surface area contributed by atoms with Crippen LogP contribution in [-0.4, -0.2) is 42.3 Å². The highest BCUT2D eigenvalue weighted by molar-refractivity contribution is 7.95. The SMILES string of the molecule is C=CCS(=O)(=O)C1=CN(C(C)(C)C)OC1C(=O)NC(C)(C)C. The van der Waals surface area contributed by atoms with Crippen LogP contribution in [0.2, 0.25) is 0 Å². The summed E-state index contributed by atoms with van der Waals surface area (Å²) in [6, 6.07) is 0. The molecule has 0 aromatic heterocycles. The van der Waals surface area contributed by atoms with Gasteiger partial charge < -0.3 is 5.32 Å². The maximum atomic E-state index is 12.4. The van der Waals surface area contributed by atoms with Crippen LogP contribution in [0.5, 0.6) is 0 Å². The van der Waals surface area contributed by atoms with Crippen LogP contribution in [0.4, 0.5) is 0 Å². The third-order valence-corrected chi connectivity index (χ3v) is 4.53. The van der Waals surface area contributed by atoms with Crippen molar-refractivity contribution in [1.29, 1.82) is 0 Å². The first kappa shape index (κ1) is 18.7. The lowest BCUT2D eigenvalue weighted by atomic mass is 10.1. The lowest BCUT2D eigenvalue weighted by Gasteiger charge is -2.31. The van der Waals surface area contributed by atoms with E-state index >= 15 is 0 Å². The van der Waals surface area contributed by atoms with Crippen LogP contribution < -0.4 is 5.32 Å². The van der Waals surface area contributed by atoms with Crippen LogP contribution in [0.15, 0.2) is 23.8 Å². The predicted octanol–water partition coefficient (Wildman–Crippen LogP) is 1.76. The molecular weight excluding hydrogens is 304 g/mol. The molecule has 1 heterocycles. The van der Waals surface area contributed by atoms with Gasteiger partial charge in [-0.05, 0) is 41.5 Å². The van der Waals surface area contributed by atoms with Crippen LogP contribution in [0.1, 0.15) is 41.5 Å². The fourth-order valence-electron chi connectivity index (χ4n) is 1.84. The van der Waals surface area contributed by atoms with Crippen LogP contribution in [0.3, 0.4) is 0 Å². The summed E-state index contributed by atoms with van der Waals surface area (Å²) in [4.78, 5) is 18.0. The second-order valence-electron chi connectivity index (χ2n) is 7.32. The molecule has 1 aliphatic heterocycles. The van der Waals surface area contributed by atoms with E-state index in [9.17, 15) is 13.2 Å². The quantitative estimate of drug-likeness (QED) is 0.795. The topological polar surface area (TPSA) is 75.7 Å². The lowest BCUT2D eigenvalue weighted by molar-refractivity contribution is -0.185. The normalized spacial score (nSPS) is 19.8. The van der Waals surface area contributed by atoms with E-state index in [0.717, 1.165) is 0 Å². The fourth-order valence-corrected chi connectivity index (χ4v) is 3.07. The summed E-state index contributed by atoms with van der Waals surface area (Å²) in [6.07, 6.45) is 1.52. The second kappa shape index (κ2) is 6.04. The average Bonchev–Trinajstić information content (AvgIpc) is 2.71. The van der Waals surface area contributed by atoms with Crippen molar-refractivity contribution in [3.8, 4) is 0 Å². The van der Waals surface area contributed by atoms with Gasteiger partial charge in [-0.1, -0.05) is 6.08 Å². The predicted molar refractivity (Wildman–Crippen MR) is 86.4 cm³/mol. The Morgan fingerprint density at radius 3 is 2.32 bits per heavy atom. The molecule has 22 heavy (non-hydrogen) atoms. The Labute approximate surface area is 133 Å². The van der Waals surface area contributed by atoms with Gasteiger partial charge in [0, 0.05) is 11.7 Å². The van der Waals surface area contributed by atoms with Gasteiger partial charge in [-0.15, -0.1) is 6.58 Å². The van der Waals surface area contributed by atoms with Crippen LogP contribution in [0.25, 0.3) is 0 Å². The molecular formula is C15H26N2O4S. The Balaban J connectivity index is 3.19. The molecule has 0 saturated heterocycles. The standard InChI is InChI=1S/C15H26N2O4S/c1-8-9-22(19,20)11-10-17(15(5,6)7)21-12(11)13(18)16-14(2,3)4/h8,10,12H,1,9H2,2-7H3,(H,16,18). The van der Waals surface area contributed by atoms with Crippen molar-refractivity contribution in [2.45, 2.75) is 58.7 Å². The molecule has 1 N–H and O–H groups in total. The Morgan fingerprint density at radius 2 is 1.91 bits per heavy atom. The van der Waals surface area contributed by atoms with Gasteiger partial charge in [-0.25, -0.2) is 8.42 Å². The highest BCUT2D eigenvalue weighted by Crippen LogP contribution is 2.30. The molecule has 1 rings (SSSR count). The fraction of sp³-hybridized carbons (Fsp3) is 0.667. The van der Waals surface area contributed by atoms with Crippen LogP contribution in [-0.2, 0) is 19.5 Å². The average molecular weight is 330 g/mol. The Kier molecular flexibility index (Phi) is 5.14. The first-order chi connectivity index (χ1) is 9.78. The monoisotopic (exact) mass is 330 g/mol. The summed E-state index contributed by atoms with van der Waals surface area (Å²) >= 11 is 0. The number of hydrogen-bond donors (Lipinski definition) is 1. The van der Waals surface area contributed by atoms with E-state index in [1.807, 2.05) is 41.5 Å². The maximum Gasteiger partial charge on any atom is 0.257 e. The molecule has 1 aliphatic rings. The maximum absolute atomic E-state index is 12.4. The molecule has 0 aliphatic carbocycles. The van der Waals surface area contributed by atoms with Crippen molar-refractivity contribution in [2.75, 3.05) is 5.75 Å². The molecule has 6 nitrogen and oxygen atoms in total. The van der Waals surface area contributed by atoms with Gasteiger partial charge >= 0.3 is 0 Å². The van der Waals surface area contributed by atoms with Gasteiger partial charge in [0.15, 0.2) is 9.84 Å². The van der Waals surface area contributed by atoms with Crippen molar-refractivity contribution >= 4 is 15.7 Å². The van der Waals surface area contributed by atoms with Gasteiger partial charge in [0.05, 0.1) is 11.3 Å². The number of carbonyl (C=O) groups excluding carboxylic acids is 1. The molecule has 0 fully saturated rings. The molecule has 1 amide bonds. The van der Waals surface area contributed by atoms with Gasteiger partial charge in [0.1, 0.15) is 4.91 Å². The van der Waals surface area contributed by atoms with Crippen LogP contribution in [0, 0.1) is 0 Å².